The summed E-state index contributed by atoms with van der Waals surface area (Å²) in [6, 6.07) is 20.5. The fourth-order valence-corrected chi connectivity index (χ4v) is 3.75. The van der Waals surface area contributed by atoms with Gasteiger partial charge in [0.15, 0.2) is 0 Å². The molecule has 0 amide bonds. The van der Waals surface area contributed by atoms with Crippen LogP contribution >= 0.6 is 0 Å². The summed E-state index contributed by atoms with van der Waals surface area (Å²) in [6.07, 6.45) is 2.87. The van der Waals surface area contributed by atoms with Crippen molar-refractivity contribution < 1.29 is 13.6 Å². The van der Waals surface area contributed by atoms with E-state index in [9.17, 15) is 13.6 Å². The van der Waals surface area contributed by atoms with Crippen molar-refractivity contribution in [3.05, 3.63) is 78.3 Å². The normalized spacial score (nSPS) is 12.4. The third kappa shape index (κ3) is 3.52. The molecule has 4 aromatic rings. The molecule has 28 heavy (non-hydrogen) atoms. The first-order chi connectivity index (χ1) is 13.4. The van der Waals surface area contributed by atoms with E-state index < -0.39 is 10.0 Å². The smallest absolute Gasteiger partial charge is 0.229 e. The Morgan fingerprint density at radius 3 is 2.39 bits per heavy atom. The van der Waals surface area contributed by atoms with Crippen LogP contribution in [0.25, 0.3) is 32.8 Å². The molecule has 0 spiro atoms. The van der Waals surface area contributed by atoms with Crippen molar-refractivity contribution in [1.29, 1.82) is 0 Å². The predicted octanol–water partition coefficient (Wildman–Crippen LogP) is 3.72. The lowest BCUT2D eigenvalue weighted by atomic mass is 10.1. The van der Waals surface area contributed by atoms with E-state index in [1.54, 1.807) is 24.4 Å². The van der Waals surface area contributed by atoms with E-state index in [1.807, 2.05) is 48.5 Å². The molecule has 0 saturated carbocycles. The number of hydrogen-bond acceptors (Lipinski definition) is 5. The topological polar surface area (TPSA) is 91.7 Å². The number of anilines is 1. The maximum absolute atomic E-state index is 11.6. The van der Waals surface area contributed by atoms with Crippen LogP contribution in [0.15, 0.2) is 78.1 Å². The molecule has 2 N–H and O–H groups in total. The minimum absolute atomic E-state index is 0.331. The van der Waals surface area contributed by atoms with Gasteiger partial charge in [0.1, 0.15) is 5.36 Å². The van der Waals surface area contributed by atoms with Gasteiger partial charge in [-0.15, -0.1) is 0 Å². The van der Waals surface area contributed by atoms with Gasteiger partial charge in [-0.1, -0.05) is 47.6 Å². The maximum Gasteiger partial charge on any atom is 0.229 e. The highest BCUT2D eigenvalue weighted by atomic mass is 32.2. The largest absolute Gasteiger partial charge is 0.410 e. The van der Waals surface area contributed by atoms with E-state index in [1.165, 1.54) is 0 Å². The van der Waals surface area contributed by atoms with Crippen molar-refractivity contribution in [1.82, 2.24) is 4.98 Å². The van der Waals surface area contributed by atoms with Crippen LogP contribution in [0.2, 0.25) is 0 Å². The molecule has 7 heteroatoms. The third-order valence-electron chi connectivity index (χ3n) is 4.41. The predicted molar refractivity (Wildman–Crippen MR) is 111 cm³/mol. The Balaban J connectivity index is 2.05. The second kappa shape index (κ2) is 6.94. The fraction of sp³-hybridized carbons (Fsp3) is 0.0476. The zero-order valence-corrected chi connectivity index (χ0v) is 15.8. The number of fused-ring (bicyclic) bond motifs is 2. The molecule has 140 valence electrons. The van der Waals surface area contributed by atoms with Crippen LogP contribution in [-0.2, 0) is 10.0 Å². The minimum atomic E-state index is -3.42. The van der Waals surface area contributed by atoms with Gasteiger partial charge in [-0.3, -0.25) is 9.71 Å². The van der Waals surface area contributed by atoms with E-state index in [0.29, 0.717) is 27.3 Å². The minimum Gasteiger partial charge on any atom is -0.410 e. The van der Waals surface area contributed by atoms with Gasteiger partial charge in [0, 0.05) is 28.2 Å². The number of benzene rings is 2. The zero-order valence-electron chi connectivity index (χ0n) is 15.0. The van der Waals surface area contributed by atoms with Gasteiger partial charge in [-0.05, 0) is 35.2 Å². The number of hydrogen-bond donors (Lipinski definition) is 2. The van der Waals surface area contributed by atoms with Gasteiger partial charge < -0.3 is 5.21 Å². The zero-order chi connectivity index (χ0) is 19.7. The second-order valence-corrected chi connectivity index (χ2v) is 8.23. The molecule has 6 nitrogen and oxygen atoms in total. The van der Waals surface area contributed by atoms with Gasteiger partial charge >= 0.3 is 0 Å². The number of pyridine rings is 1. The molecule has 0 radical (unpaired) electrons. The Bertz CT molecular complexity index is 1370. The lowest BCUT2D eigenvalue weighted by molar-refractivity contribution is 0.304. The van der Waals surface area contributed by atoms with Crippen LogP contribution in [0.5, 0.6) is 0 Å². The molecule has 0 fully saturated rings. The summed E-state index contributed by atoms with van der Waals surface area (Å²) in [5.74, 6) is 0. The summed E-state index contributed by atoms with van der Waals surface area (Å²) in [4.78, 5) is 4.53. The van der Waals surface area contributed by atoms with Crippen LogP contribution in [-0.4, -0.2) is 24.9 Å². The summed E-state index contributed by atoms with van der Waals surface area (Å²) < 4.78 is 25.6. The first-order valence-electron chi connectivity index (χ1n) is 8.53. The summed E-state index contributed by atoms with van der Waals surface area (Å²) in [5.41, 5.74) is 2.95. The maximum atomic E-state index is 11.6. The van der Waals surface area contributed by atoms with Crippen LogP contribution in [0.1, 0.15) is 0 Å². The van der Waals surface area contributed by atoms with Crippen molar-refractivity contribution >= 4 is 37.4 Å². The van der Waals surface area contributed by atoms with Crippen molar-refractivity contribution in [2.75, 3.05) is 11.0 Å². The molecular formula is C21H17N3O3S. The van der Waals surface area contributed by atoms with Crippen LogP contribution in [0.4, 0.5) is 5.69 Å². The molecular weight excluding hydrogens is 374 g/mol. The van der Waals surface area contributed by atoms with Crippen molar-refractivity contribution in [2.24, 2.45) is 5.16 Å². The number of sulfonamides is 1. The molecule has 1 heterocycles. The summed E-state index contributed by atoms with van der Waals surface area (Å²) in [6.45, 7) is 0. The molecule has 0 unspecified atom stereocenters. The SMILES string of the molecule is CS(=O)(=O)Nc1ccc2ccc3ncc(-c4ccccc4)cc3/c(=N\O)c2c1. The molecule has 3 aromatic carbocycles. The highest BCUT2D eigenvalue weighted by Crippen LogP contribution is 2.23. The third-order valence-corrected chi connectivity index (χ3v) is 5.02. The lowest BCUT2D eigenvalue weighted by Crippen LogP contribution is -2.10. The molecule has 0 bridgehead atoms. The van der Waals surface area contributed by atoms with E-state index >= 15 is 0 Å². The summed E-state index contributed by atoms with van der Waals surface area (Å²) in [7, 11) is -3.42. The Morgan fingerprint density at radius 2 is 1.68 bits per heavy atom. The average molecular weight is 391 g/mol. The van der Waals surface area contributed by atoms with E-state index in [-0.39, 0.29) is 0 Å². The van der Waals surface area contributed by atoms with Crippen molar-refractivity contribution in [3.8, 4) is 11.1 Å². The Labute approximate surface area is 161 Å². The molecule has 4 rings (SSSR count). The molecule has 0 aliphatic carbocycles. The average Bonchev–Trinajstić information content (AvgIpc) is 2.83. The fourth-order valence-electron chi connectivity index (χ4n) is 3.19. The Kier molecular flexibility index (Phi) is 4.44. The Morgan fingerprint density at radius 1 is 0.929 bits per heavy atom. The van der Waals surface area contributed by atoms with Crippen molar-refractivity contribution in [3.63, 3.8) is 0 Å². The van der Waals surface area contributed by atoms with E-state index in [4.69, 9.17) is 0 Å². The molecule has 0 aliphatic rings. The number of rotatable bonds is 3. The van der Waals surface area contributed by atoms with Crippen LogP contribution < -0.4 is 10.1 Å². The monoisotopic (exact) mass is 391 g/mol. The van der Waals surface area contributed by atoms with Gasteiger partial charge in [0.05, 0.1) is 11.8 Å². The second-order valence-electron chi connectivity index (χ2n) is 6.48. The number of nitrogens with one attached hydrogen (secondary N) is 1. The van der Waals surface area contributed by atoms with Gasteiger partial charge in [0.25, 0.3) is 0 Å². The summed E-state index contributed by atoms with van der Waals surface area (Å²) in [5, 5.41) is 15.7. The molecule has 0 saturated heterocycles. The quantitative estimate of drug-likeness (QED) is 0.411. The first kappa shape index (κ1) is 17.9. The van der Waals surface area contributed by atoms with Crippen LogP contribution in [0, 0.1) is 0 Å². The van der Waals surface area contributed by atoms with E-state index in [2.05, 4.69) is 14.9 Å². The first-order valence-corrected chi connectivity index (χ1v) is 10.4. The number of nitrogens with zero attached hydrogens (tertiary/aromatic N) is 2. The van der Waals surface area contributed by atoms with Crippen molar-refractivity contribution in [2.45, 2.75) is 0 Å². The molecule has 1 aromatic heterocycles. The van der Waals surface area contributed by atoms with Gasteiger partial charge in [-0.2, -0.15) is 0 Å². The lowest BCUT2D eigenvalue weighted by Gasteiger charge is -2.05. The number of aromatic nitrogens is 1. The highest BCUT2D eigenvalue weighted by Gasteiger charge is 2.08. The molecule has 0 atom stereocenters. The van der Waals surface area contributed by atoms with Gasteiger partial charge in [-0.25, -0.2) is 8.42 Å². The van der Waals surface area contributed by atoms with E-state index in [0.717, 1.165) is 22.8 Å². The van der Waals surface area contributed by atoms with Gasteiger partial charge in [0.2, 0.25) is 10.0 Å². The van der Waals surface area contributed by atoms with Crippen LogP contribution in [0.3, 0.4) is 0 Å². The Hall–Kier alpha value is -3.45. The molecule has 0 aliphatic heterocycles. The highest BCUT2D eigenvalue weighted by molar-refractivity contribution is 7.92. The standard InChI is InChI=1S/C21H17N3O3S/c1-28(26,27)24-17-9-7-15-8-10-20-19(21(23-25)18(15)12-17)11-16(13-22-20)14-5-3-2-4-6-14/h2-13,24-25H,1H3/b23-21-. The summed E-state index contributed by atoms with van der Waals surface area (Å²) >= 11 is 0.